The third-order valence-electron chi connectivity index (χ3n) is 4.21. The highest BCUT2D eigenvalue weighted by molar-refractivity contribution is 6.09. The largest absolute Gasteiger partial charge is 0.354 e. The minimum Gasteiger partial charge on any atom is -0.354 e. The van der Waals surface area contributed by atoms with Gasteiger partial charge in [0.25, 0.3) is 5.91 Å². The van der Waals surface area contributed by atoms with Gasteiger partial charge >= 0.3 is 6.03 Å². The summed E-state index contributed by atoms with van der Waals surface area (Å²) in [5.41, 5.74) is 0.660. The van der Waals surface area contributed by atoms with Crippen LogP contribution in [0.3, 0.4) is 0 Å². The van der Waals surface area contributed by atoms with Gasteiger partial charge in [-0.15, -0.1) is 0 Å². The van der Waals surface area contributed by atoms with Crippen molar-refractivity contribution >= 4 is 17.8 Å². The van der Waals surface area contributed by atoms with Crippen molar-refractivity contribution in [3.05, 3.63) is 35.4 Å². The average Bonchev–Trinajstić information content (AvgIpc) is 2.80. The number of aryl methyl sites for hydroxylation is 1. The Morgan fingerprint density at radius 2 is 2.00 bits per heavy atom. The monoisotopic (exact) mass is 342 g/mol. The second kappa shape index (κ2) is 7.79. The number of nitrogens with zero attached hydrogens (tertiary/aromatic N) is 2. The Bertz CT molecular complexity index is 708. The molecule has 0 aliphatic carbocycles. The summed E-state index contributed by atoms with van der Waals surface area (Å²) in [7, 11) is 0. The number of amides is 4. The molecule has 1 fully saturated rings. The molecule has 1 aromatic carbocycles. The first-order valence-corrected chi connectivity index (χ1v) is 8.29. The van der Waals surface area contributed by atoms with Gasteiger partial charge in [0.05, 0.1) is 12.5 Å². The zero-order valence-corrected chi connectivity index (χ0v) is 14.5. The highest BCUT2D eigenvalue weighted by Crippen LogP contribution is 2.29. The lowest BCUT2D eigenvalue weighted by Crippen LogP contribution is -2.43. The Labute approximate surface area is 147 Å². The third-order valence-corrected chi connectivity index (χ3v) is 4.21. The molecule has 25 heavy (non-hydrogen) atoms. The van der Waals surface area contributed by atoms with Crippen LogP contribution in [0, 0.1) is 11.3 Å². The van der Waals surface area contributed by atoms with Gasteiger partial charge in [-0.1, -0.05) is 37.6 Å². The molecule has 1 heterocycles. The normalized spacial score (nSPS) is 19.5. The Hall–Kier alpha value is -2.88. The molecule has 1 unspecified atom stereocenters. The van der Waals surface area contributed by atoms with Gasteiger partial charge in [0.2, 0.25) is 5.91 Å². The predicted octanol–water partition coefficient (Wildman–Crippen LogP) is 1.44. The van der Waals surface area contributed by atoms with E-state index in [4.69, 9.17) is 5.26 Å². The quantitative estimate of drug-likeness (QED) is 0.578. The molecular weight excluding hydrogens is 320 g/mol. The van der Waals surface area contributed by atoms with Crippen molar-refractivity contribution in [3.8, 4) is 6.07 Å². The van der Waals surface area contributed by atoms with Crippen molar-refractivity contribution in [3.63, 3.8) is 0 Å². The lowest BCUT2D eigenvalue weighted by Gasteiger charge is -2.22. The standard InChI is InChI=1S/C18H22N4O3/c1-3-5-13-6-8-14(9-7-13)18(2)16(24)22(17(25)21-18)12-15(23)20-11-4-10-19/h6-9H,3-5,11-12H2,1-2H3,(H,20,23)(H,21,25). The molecule has 1 saturated heterocycles. The van der Waals surface area contributed by atoms with Crippen LogP contribution in [0.2, 0.25) is 0 Å². The van der Waals surface area contributed by atoms with E-state index in [0.717, 1.165) is 17.7 Å². The zero-order valence-electron chi connectivity index (χ0n) is 14.5. The summed E-state index contributed by atoms with van der Waals surface area (Å²) in [5.74, 6) is -0.933. The van der Waals surface area contributed by atoms with Crippen LogP contribution in [0.15, 0.2) is 24.3 Å². The molecule has 2 rings (SSSR count). The summed E-state index contributed by atoms with van der Waals surface area (Å²) in [6.07, 6.45) is 2.15. The Balaban J connectivity index is 2.10. The summed E-state index contributed by atoms with van der Waals surface area (Å²) < 4.78 is 0. The number of hydrogen-bond donors (Lipinski definition) is 2. The maximum Gasteiger partial charge on any atom is 0.325 e. The van der Waals surface area contributed by atoms with Crippen LogP contribution in [0.5, 0.6) is 0 Å². The SMILES string of the molecule is CCCc1ccc(C2(C)NC(=O)N(CC(=O)NCCC#N)C2=O)cc1. The number of urea groups is 1. The van der Waals surface area contributed by atoms with E-state index < -0.39 is 23.4 Å². The van der Waals surface area contributed by atoms with Crippen LogP contribution in [-0.2, 0) is 21.5 Å². The summed E-state index contributed by atoms with van der Waals surface area (Å²) >= 11 is 0. The maximum absolute atomic E-state index is 12.7. The van der Waals surface area contributed by atoms with Gasteiger partial charge in [-0.05, 0) is 24.5 Å². The minimum absolute atomic E-state index is 0.174. The molecule has 4 amide bonds. The summed E-state index contributed by atoms with van der Waals surface area (Å²) in [4.78, 5) is 37.6. The topological polar surface area (TPSA) is 102 Å². The number of imide groups is 1. The summed E-state index contributed by atoms with van der Waals surface area (Å²) in [6, 6.07) is 8.87. The van der Waals surface area contributed by atoms with Crippen LogP contribution in [-0.4, -0.2) is 35.8 Å². The molecule has 1 aliphatic heterocycles. The van der Waals surface area contributed by atoms with Gasteiger partial charge in [-0.25, -0.2) is 4.79 Å². The van der Waals surface area contributed by atoms with Crippen molar-refractivity contribution in [2.24, 2.45) is 0 Å². The van der Waals surface area contributed by atoms with E-state index >= 15 is 0 Å². The average molecular weight is 342 g/mol. The predicted molar refractivity (Wildman–Crippen MR) is 91.3 cm³/mol. The summed E-state index contributed by atoms with van der Waals surface area (Å²) in [6.45, 7) is 3.56. The fourth-order valence-corrected chi connectivity index (χ4v) is 2.79. The Morgan fingerprint density at radius 3 is 2.60 bits per heavy atom. The highest BCUT2D eigenvalue weighted by atomic mass is 16.2. The van der Waals surface area contributed by atoms with E-state index in [1.54, 1.807) is 6.92 Å². The number of hydrogen-bond acceptors (Lipinski definition) is 4. The fourth-order valence-electron chi connectivity index (χ4n) is 2.79. The van der Waals surface area contributed by atoms with Crippen LogP contribution < -0.4 is 10.6 Å². The number of benzene rings is 1. The first kappa shape index (κ1) is 18.5. The second-order valence-corrected chi connectivity index (χ2v) is 6.15. The van der Waals surface area contributed by atoms with Crippen molar-refractivity contribution in [2.75, 3.05) is 13.1 Å². The Kier molecular flexibility index (Phi) is 5.75. The maximum atomic E-state index is 12.7. The molecule has 1 aromatic rings. The van der Waals surface area contributed by atoms with Crippen LogP contribution in [0.4, 0.5) is 4.79 Å². The molecule has 2 N–H and O–H groups in total. The lowest BCUT2D eigenvalue weighted by molar-refractivity contribution is -0.134. The first-order valence-electron chi connectivity index (χ1n) is 8.29. The fraction of sp³-hybridized carbons (Fsp3) is 0.444. The van der Waals surface area contributed by atoms with Crippen molar-refractivity contribution in [1.82, 2.24) is 15.5 Å². The van der Waals surface area contributed by atoms with E-state index in [-0.39, 0.29) is 19.5 Å². The van der Waals surface area contributed by atoms with Gasteiger partial charge < -0.3 is 10.6 Å². The smallest absolute Gasteiger partial charge is 0.325 e. The number of nitriles is 1. The molecule has 1 aliphatic rings. The van der Waals surface area contributed by atoms with Gasteiger partial charge in [-0.3, -0.25) is 14.5 Å². The zero-order chi connectivity index (χ0) is 18.4. The van der Waals surface area contributed by atoms with Crippen LogP contribution in [0.1, 0.15) is 37.8 Å². The molecule has 0 spiro atoms. The highest BCUT2D eigenvalue weighted by Gasteiger charge is 2.49. The van der Waals surface area contributed by atoms with E-state index in [1.165, 1.54) is 5.56 Å². The van der Waals surface area contributed by atoms with E-state index in [0.29, 0.717) is 5.56 Å². The first-order chi connectivity index (χ1) is 11.9. The van der Waals surface area contributed by atoms with Gasteiger partial charge in [0, 0.05) is 6.54 Å². The van der Waals surface area contributed by atoms with E-state index in [1.807, 2.05) is 30.3 Å². The van der Waals surface area contributed by atoms with Crippen LogP contribution in [0.25, 0.3) is 0 Å². The Morgan fingerprint density at radius 1 is 1.32 bits per heavy atom. The number of carbonyl (C=O) groups excluding carboxylic acids is 3. The molecule has 0 aromatic heterocycles. The molecule has 1 atom stereocenters. The van der Waals surface area contributed by atoms with Gasteiger partial charge in [0.15, 0.2) is 0 Å². The van der Waals surface area contributed by atoms with Crippen molar-refractivity contribution in [1.29, 1.82) is 5.26 Å². The van der Waals surface area contributed by atoms with Crippen LogP contribution >= 0.6 is 0 Å². The van der Waals surface area contributed by atoms with Crippen molar-refractivity contribution < 1.29 is 14.4 Å². The van der Waals surface area contributed by atoms with Crippen molar-refractivity contribution in [2.45, 2.75) is 38.6 Å². The molecule has 7 nitrogen and oxygen atoms in total. The molecular formula is C18H22N4O3. The third kappa shape index (κ3) is 3.97. The van der Waals surface area contributed by atoms with Gasteiger partial charge in [0.1, 0.15) is 12.1 Å². The molecule has 7 heteroatoms. The number of carbonyl (C=O) groups is 3. The minimum atomic E-state index is -1.19. The lowest BCUT2D eigenvalue weighted by atomic mass is 9.91. The van der Waals surface area contributed by atoms with E-state index in [9.17, 15) is 14.4 Å². The number of nitrogens with one attached hydrogen (secondary N) is 2. The van der Waals surface area contributed by atoms with Gasteiger partial charge in [-0.2, -0.15) is 5.26 Å². The molecule has 0 saturated carbocycles. The molecule has 0 bridgehead atoms. The molecule has 132 valence electrons. The van der Waals surface area contributed by atoms with E-state index in [2.05, 4.69) is 17.6 Å². The second-order valence-electron chi connectivity index (χ2n) is 6.15. The molecule has 0 radical (unpaired) electrons. The number of rotatable bonds is 7. The summed E-state index contributed by atoms with van der Waals surface area (Å²) in [5, 5.41) is 13.6.